The van der Waals surface area contributed by atoms with Crippen LogP contribution in [0.15, 0.2) is 22.7 Å². The largest absolute Gasteiger partial charge is 0.481 e. The van der Waals surface area contributed by atoms with E-state index in [2.05, 4.69) is 21.2 Å². The molecule has 0 aromatic heterocycles. The van der Waals surface area contributed by atoms with Gasteiger partial charge in [-0.3, -0.25) is 9.59 Å². The summed E-state index contributed by atoms with van der Waals surface area (Å²) >= 11 is 9.13. The number of aliphatic carboxylic acids is 1. The molecule has 0 aliphatic carbocycles. The van der Waals surface area contributed by atoms with E-state index in [4.69, 9.17) is 21.4 Å². The third kappa shape index (κ3) is 5.93. The van der Waals surface area contributed by atoms with Gasteiger partial charge in [0.25, 0.3) is 5.91 Å². The molecule has 5 nitrogen and oxygen atoms in total. The Kier molecular flexibility index (Phi) is 6.98. The van der Waals surface area contributed by atoms with Gasteiger partial charge >= 0.3 is 5.97 Å². The predicted molar refractivity (Wildman–Crippen MR) is 83.7 cm³/mol. The van der Waals surface area contributed by atoms with Crippen LogP contribution in [0.25, 0.3) is 0 Å². The second-order valence-electron chi connectivity index (χ2n) is 4.55. The SMILES string of the molecule is CCC(CC(=O)O)NC(=O)C(C)Oc1ccc(Cl)cc1Br. The summed E-state index contributed by atoms with van der Waals surface area (Å²) in [6.07, 6.45) is -0.319. The van der Waals surface area contributed by atoms with Gasteiger partial charge < -0.3 is 15.2 Å². The number of carbonyl (C=O) groups excluding carboxylic acids is 1. The molecule has 7 heteroatoms. The van der Waals surface area contributed by atoms with Crippen molar-refractivity contribution >= 4 is 39.4 Å². The zero-order chi connectivity index (χ0) is 16.0. The molecule has 1 aromatic carbocycles. The van der Waals surface area contributed by atoms with E-state index in [0.29, 0.717) is 21.7 Å². The van der Waals surface area contributed by atoms with E-state index in [-0.39, 0.29) is 12.3 Å². The average Bonchev–Trinajstić information content (AvgIpc) is 2.40. The van der Waals surface area contributed by atoms with Crippen molar-refractivity contribution in [2.75, 3.05) is 0 Å². The molecule has 21 heavy (non-hydrogen) atoms. The Bertz CT molecular complexity index is 524. The quantitative estimate of drug-likeness (QED) is 0.764. The fraction of sp³-hybridized carbons (Fsp3) is 0.429. The summed E-state index contributed by atoms with van der Waals surface area (Å²) in [6, 6.07) is 4.58. The van der Waals surface area contributed by atoms with E-state index in [1.165, 1.54) is 0 Å². The van der Waals surface area contributed by atoms with Crippen LogP contribution in [0.1, 0.15) is 26.7 Å². The first kappa shape index (κ1) is 17.8. The van der Waals surface area contributed by atoms with E-state index >= 15 is 0 Å². The van der Waals surface area contributed by atoms with Crippen molar-refractivity contribution in [1.82, 2.24) is 5.32 Å². The van der Waals surface area contributed by atoms with Crippen molar-refractivity contribution in [3.05, 3.63) is 27.7 Å². The summed E-state index contributed by atoms with van der Waals surface area (Å²) in [7, 11) is 0. The molecule has 0 saturated heterocycles. The normalized spacial score (nSPS) is 13.3. The Hall–Kier alpha value is -1.27. The Morgan fingerprint density at radius 1 is 1.48 bits per heavy atom. The lowest BCUT2D eigenvalue weighted by Crippen LogP contribution is -2.43. The van der Waals surface area contributed by atoms with Crippen molar-refractivity contribution in [2.45, 2.75) is 38.8 Å². The van der Waals surface area contributed by atoms with Crippen LogP contribution in [0.5, 0.6) is 5.75 Å². The van der Waals surface area contributed by atoms with Gasteiger partial charge in [0, 0.05) is 11.1 Å². The van der Waals surface area contributed by atoms with Gasteiger partial charge in [-0.2, -0.15) is 0 Å². The maximum atomic E-state index is 12.0. The summed E-state index contributed by atoms with van der Waals surface area (Å²) < 4.78 is 6.19. The molecular formula is C14H17BrClNO4. The Morgan fingerprint density at radius 2 is 2.14 bits per heavy atom. The lowest BCUT2D eigenvalue weighted by atomic mass is 10.1. The van der Waals surface area contributed by atoms with Crippen LogP contribution in [0.3, 0.4) is 0 Å². The summed E-state index contributed by atoms with van der Waals surface area (Å²) in [6.45, 7) is 3.42. The number of hydrogen-bond donors (Lipinski definition) is 2. The van der Waals surface area contributed by atoms with Crippen LogP contribution in [0.4, 0.5) is 0 Å². The fourth-order valence-corrected chi connectivity index (χ4v) is 2.42. The van der Waals surface area contributed by atoms with Crippen molar-refractivity contribution in [3.8, 4) is 5.75 Å². The molecule has 0 aliphatic heterocycles. The molecule has 1 aromatic rings. The van der Waals surface area contributed by atoms with E-state index in [1.807, 2.05) is 6.92 Å². The minimum absolute atomic E-state index is 0.112. The van der Waals surface area contributed by atoms with Gasteiger partial charge in [-0.1, -0.05) is 18.5 Å². The first-order valence-corrected chi connectivity index (χ1v) is 7.64. The van der Waals surface area contributed by atoms with Gasteiger partial charge in [0.1, 0.15) is 5.75 Å². The van der Waals surface area contributed by atoms with Crippen LogP contribution in [-0.2, 0) is 9.59 Å². The van der Waals surface area contributed by atoms with E-state index in [9.17, 15) is 9.59 Å². The monoisotopic (exact) mass is 377 g/mol. The second-order valence-corrected chi connectivity index (χ2v) is 5.84. The molecular weight excluding hydrogens is 362 g/mol. The van der Waals surface area contributed by atoms with Crippen molar-refractivity contribution in [2.24, 2.45) is 0 Å². The van der Waals surface area contributed by atoms with E-state index in [1.54, 1.807) is 25.1 Å². The number of amides is 1. The summed E-state index contributed by atoms with van der Waals surface area (Å²) in [5, 5.41) is 12.0. The number of benzene rings is 1. The van der Waals surface area contributed by atoms with Gasteiger partial charge in [-0.15, -0.1) is 0 Å². The number of carboxylic acid groups (broad SMARTS) is 1. The molecule has 1 rings (SSSR count). The maximum absolute atomic E-state index is 12.0. The summed E-state index contributed by atoms with van der Waals surface area (Å²) in [5.41, 5.74) is 0. The standard InChI is InChI=1S/C14H17BrClNO4/c1-3-10(7-13(18)19)17-14(20)8(2)21-12-5-4-9(16)6-11(12)15/h4-6,8,10H,3,7H2,1-2H3,(H,17,20)(H,18,19). The molecule has 2 N–H and O–H groups in total. The van der Waals surface area contributed by atoms with Crippen LogP contribution in [-0.4, -0.2) is 29.1 Å². The number of hydrogen-bond acceptors (Lipinski definition) is 3. The Morgan fingerprint density at radius 3 is 2.67 bits per heavy atom. The van der Waals surface area contributed by atoms with Gasteiger partial charge in [-0.25, -0.2) is 0 Å². The number of carboxylic acids is 1. The highest BCUT2D eigenvalue weighted by Crippen LogP contribution is 2.28. The molecule has 1 amide bonds. The molecule has 116 valence electrons. The average molecular weight is 379 g/mol. The molecule has 0 spiro atoms. The summed E-state index contributed by atoms with van der Waals surface area (Å²) in [4.78, 5) is 22.7. The molecule has 0 saturated carbocycles. The van der Waals surface area contributed by atoms with Crippen LogP contribution in [0.2, 0.25) is 5.02 Å². The zero-order valence-electron chi connectivity index (χ0n) is 11.7. The maximum Gasteiger partial charge on any atom is 0.305 e. The molecule has 2 unspecified atom stereocenters. The minimum atomic E-state index is -0.948. The number of nitrogens with one attached hydrogen (secondary N) is 1. The first-order chi connectivity index (χ1) is 9.83. The molecule has 0 heterocycles. The Labute approximate surface area is 136 Å². The van der Waals surface area contributed by atoms with Gasteiger partial charge in [0.2, 0.25) is 0 Å². The highest BCUT2D eigenvalue weighted by molar-refractivity contribution is 9.10. The van der Waals surface area contributed by atoms with Crippen LogP contribution < -0.4 is 10.1 Å². The number of rotatable bonds is 7. The fourth-order valence-electron chi connectivity index (χ4n) is 1.64. The lowest BCUT2D eigenvalue weighted by molar-refractivity contribution is -0.138. The molecule has 0 aliphatic rings. The molecule has 0 bridgehead atoms. The van der Waals surface area contributed by atoms with Gasteiger partial charge in [0.15, 0.2) is 6.10 Å². The Balaban J connectivity index is 2.63. The van der Waals surface area contributed by atoms with Gasteiger partial charge in [0.05, 0.1) is 10.9 Å². The smallest absolute Gasteiger partial charge is 0.305 e. The predicted octanol–water partition coefficient (Wildman–Crippen LogP) is 3.24. The number of halogens is 2. The number of carbonyl (C=O) groups is 2. The van der Waals surface area contributed by atoms with Crippen molar-refractivity contribution < 1.29 is 19.4 Å². The third-order valence-electron chi connectivity index (χ3n) is 2.83. The van der Waals surface area contributed by atoms with E-state index in [0.717, 1.165) is 0 Å². The van der Waals surface area contributed by atoms with E-state index < -0.39 is 18.1 Å². The van der Waals surface area contributed by atoms with Crippen LogP contribution in [0, 0.1) is 0 Å². The molecule has 0 radical (unpaired) electrons. The van der Waals surface area contributed by atoms with Crippen LogP contribution >= 0.6 is 27.5 Å². The lowest BCUT2D eigenvalue weighted by Gasteiger charge is -2.20. The topological polar surface area (TPSA) is 75.6 Å². The highest BCUT2D eigenvalue weighted by Gasteiger charge is 2.20. The zero-order valence-corrected chi connectivity index (χ0v) is 14.1. The molecule has 2 atom stereocenters. The third-order valence-corrected chi connectivity index (χ3v) is 3.68. The van der Waals surface area contributed by atoms with Crippen molar-refractivity contribution in [3.63, 3.8) is 0 Å². The highest BCUT2D eigenvalue weighted by atomic mass is 79.9. The molecule has 0 fully saturated rings. The minimum Gasteiger partial charge on any atom is -0.481 e. The number of ether oxygens (including phenoxy) is 1. The first-order valence-electron chi connectivity index (χ1n) is 6.47. The summed E-state index contributed by atoms with van der Waals surface area (Å²) in [5.74, 6) is -0.811. The van der Waals surface area contributed by atoms with Gasteiger partial charge in [-0.05, 0) is 47.5 Å². The van der Waals surface area contributed by atoms with Crippen molar-refractivity contribution in [1.29, 1.82) is 0 Å². The second kappa shape index (κ2) is 8.24.